The van der Waals surface area contributed by atoms with Crippen LogP contribution in [0, 0.1) is 0 Å². The van der Waals surface area contributed by atoms with Crippen LogP contribution in [0.25, 0.3) is 0 Å². The van der Waals surface area contributed by atoms with Gasteiger partial charge < -0.3 is 21.5 Å². The third-order valence-corrected chi connectivity index (χ3v) is 2.65. The number of hydrogen-bond donors (Lipinski definition) is 3. The number of anilines is 3. The summed E-state index contributed by atoms with van der Waals surface area (Å²) in [5, 5.41) is 2.75. The molecule has 2 rings (SSSR count). The zero-order valence-electron chi connectivity index (χ0n) is 10.5. The minimum atomic E-state index is -0.286. The first-order valence-corrected chi connectivity index (χ1v) is 5.70. The number of hydrogen-bond acceptors (Lipinski definition) is 4. The molecule has 0 radical (unpaired) electrons. The van der Waals surface area contributed by atoms with Crippen molar-refractivity contribution >= 4 is 23.0 Å². The predicted molar refractivity (Wildman–Crippen MR) is 76.2 cm³/mol. The van der Waals surface area contributed by atoms with E-state index in [1.165, 1.54) is 0 Å². The van der Waals surface area contributed by atoms with Gasteiger partial charge in [0.15, 0.2) is 0 Å². The van der Waals surface area contributed by atoms with Gasteiger partial charge in [-0.2, -0.15) is 0 Å². The smallest absolute Gasteiger partial charge is 0.257 e. The number of ether oxygens (including phenoxy) is 1. The van der Waals surface area contributed by atoms with Gasteiger partial charge in [-0.3, -0.25) is 4.79 Å². The molecule has 98 valence electrons. The first-order valence-electron chi connectivity index (χ1n) is 5.70. The Kier molecular flexibility index (Phi) is 3.56. The average molecular weight is 257 g/mol. The fraction of sp³-hybridized carbons (Fsp3) is 0.0714. The Morgan fingerprint density at radius 1 is 1.16 bits per heavy atom. The summed E-state index contributed by atoms with van der Waals surface area (Å²) in [6, 6.07) is 11.9. The largest absolute Gasteiger partial charge is 0.497 e. The molecule has 1 amide bonds. The van der Waals surface area contributed by atoms with Gasteiger partial charge in [0, 0.05) is 23.1 Å². The van der Waals surface area contributed by atoms with Crippen molar-refractivity contribution in [2.75, 3.05) is 23.9 Å². The number of nitrogen functional groups attached to an aromatic ring is 2. The minimum absolute atomic E-state index is 0.286. The molecular weight excluding hydrogens is 242 g/mol. The van der Waals surface area contributed by atoms with Crippen molar-refractivity contribution in [3.63, 3.8) is 0 Å². The number of carbonyl (C=O) groups excluding carboxylic acids is 1. The molecule has 0 unspecified atom stereocenters. The van der Waals surface area contributed by atoms with E-state index in [9.17, 15) is 4.79 Å². The highest BCUT2D eigenvalue weighted by atomic mass is 16.5. The lowest BCUT2D eigenvalue weighted by Gasteiger charge is -2.09. The highest BCUT2D eigenvalue weighted by molar-refractivity contribution is 6.08. The van der Waals surface area contributed by atoms with E-state index >= 15 is 0 Å². The Bertz CT molecular complexity index is 611. The molecular formula is C14H15N3O2. The molecule has 5 heteroatoms. The van der Waals surface area contributed by atoms with Crippen molar-refractivity contribution < 1.29 is 9.53 Å². The lowest BCUT2D eigenvalue weighted by atomic mass is 10.1. The highest BCUT2D eigenvalue weighted by Crippen LogP contribution is 2.20. The van der Waals surface area contributed by atoms with E-state index in [4.69, 9.17) is 16.2 Å². The first-order chi connectivity index (χ1) is 9.10. The maximum Gasteiger partial charge on any atom is 0.257 e. The monoisotopic (exact) mass is 257 g/mol. The van der Waals surface area contributed by atoms with Crippen molar-refractivity contribution in [3.8, 4) is 5.75 Å². The van der Waals surface area contributed by atoms with Gasteiger partial charge in [-0.1, -0.05) is 6.07 Å². The van der Waals surface area contributed by atoms with Gasteiger partial charge in [0.25, 0.3) is 5.91 Å². The van der Waals surface area contributed by atoms with E-state index in [0.29, 0.717) is 28.4 Å². The minimum Gasteiger partial charge on any atom is -0.497 e. The van der Waals surface area contributed by atoms with Crippen LogP contribution in [-0.4, -0.2) is 13.0 Å². The highest BCUT2D eigenvalue weighted by Gasteiger charge is 2.10. The van der Waals surface area contributed by atoms with E-state index in [1.54, 1.807) is 49.6 Å². The quantitative estimate of drug-likeness (QED) is 0.734. The molecule has 0 aliphatic rings. The fourth-order valence-corrected chi connectivity index (χ4v) is 1.69. The second-order valence-electron chi connectivity index (χ2n) is 4.03. The Morgan fingerprint density at radius 2 is 1.95 bits per heavy atom. The van der Waals surface area contributed by atoms with Gasteiger partial charge in [0.2, 0.25) is 0 Å². The lowest BCUT2D eigenvalue weighted by molar-refractivity contribution is 0.102. The Labute approximate surface area is 111 Å². The number of methoxy groups -OCH3 is 1. The molecule has 0 spiro atoms. The SMILES string of the molecule is COc1cccc(NC(=O)c2ccc(N)cc2N)c1. The Morgan fingerprint density at radius 3 is 2.63 bits per heavy atom. The maximum absolute atomic E-state index is 12.1. The summed E-state index contributed by atoms with van der Waals surface area (Å²) in [5.74, 6) is 0.383. The van der Waals surface area contributed by atoms with Gasteiger partial charge in [-0.05, 0) is 30.3 Å². The maximum atomic E-state index is 12.1. The van der Waals surface area contributed by atoms with Crippen LogP contribution in [0.3, 0.4) is 0 Å². The average Bonchev–Trinajstić information content (AvgIpc) is 2.38. The van der Waals surface area contributed by atoms with Crippen LogP contribution in [0.15, 0.2) is 42.5 Å². The molecule has 19 heavy (non-hydrogen) atoms. The van der Waals surface area contributed by atoms with E-state index in [1.807, 2.05) is 0 Å². The molecule has 0 aromatic heterocycles. The first kappa shape index (κ1) is 12.8. The summed E-state index contributed by atoms with van der Waals surface area (Å²) < 4.78 is 5.09. The number of benzene rings is 2. The van der Waals surface area contributed by atoms with Crippen molar-refractivity contribution in [1.29, 1.82) is 0 Å². The van der Waals surface area contributed by atoms with Crippen LogP contribution in [0.2, 0.25) is 0 Å². The van der Waals surface area contributed by atoms with E-state index < -0.39 is 0 Å². The number of carbonyl (C=O) groups is 1. The predicted octanol–water partition coefficient (Wildman–Crippen LogP) is 2.11. The lowest BCUT2D eigenvalue weighted by Crippen LogP contribution is -2.14. The van der Waals surface area contributed by atoms with Gasteiger partial charge in [0.1, 0.15) is 5.75 Å². The van der Waals surface area contributed by atoms with E-state index in [0.717, 1.165) is 0 Å². The van der Waals surface area contributed by atoms with Gasteiger partial charge >= 0.3 is 0 Å². The molecule has 0 heterocycles. The summed E-state index contributed by atoms with van der Waals surface area (Å²) >= 11 is 0. The third kappa shape index (κ3) is 2.95. The number of amides is 1. The molecule has 5 nitrogen and oxygen atoms in total. The van der Waals surface area contributed by atoms with Crippen LogP contribution in [0.1, 0.15) is 10.4 Å². The number of nitrogens with one attached hydrogen (secondary N) is 1. The zero-order chi connectivity index (χ0) is 13.8. The second-order valence-corrected chi connectivity index (χ2v) is 4.03. The van der Waals surface area contributed by atoms with E-state index in [-0.39, 0.29) is 5.91 Å². The second kappa shape index (κ2) is 5.30. The van der Waals surface area contributed by atoms with Crippen LogP contribution in [-0.2, 0) is 0 Å². The van der Waals surface area contributed by atoms with Crippen molar-refractivity contribution in [2.24, 2.45) is 0 Å². The van der Waals surface area contributed by atoms with Crippen molar-refractivity contribution in [2.45, 2.75) is 0 Å². The standard InChI is InChI=1S/C14H15N3O2/c1-19-11-4-2-3-10(8-11)17-14(18)12-6-5-9(15)7-13(12)16/h2-8H,15-16H2,1H3,(H,17,18). The zero-order valence-corrected chi connectivity index (χ0v) is 10.5. The third-order valence-electron chi connectivity index (χ3n) is 2.65. The Hall–Kier alpha value is -2.69. The van der Waals surface area contributed by atoms with E-state index in [2.05, 4.69) is 5.32 Å². The molecule has 5 N–H and O–H groups in total. The summed E-state index contributed by atoms with van der Waals surface area (Å²) in [6.07, 6.45) is 0. The summed E-state index contributed by atoms with van der Waals surface area (Å²) in [6.45, 7) is 0. The van der Waals surface area contributed by atoms with Crippen LogP contribution < -0.4 is 21.5 Å². The molecule has 0 fully saturated rings. The van der Waals surface area contributed by atoms with Gasteiger partial charge in [-0.25, -0.2) is 0 Å². The molecule has 0 aliphatic carbocycles. The summed E-state index contributed by atoms with van der Waals surface area (Å²) in [4.78, 5) is 12.1. The molecule has 0 bridgehead atoms. The fourth-order valence-electron chi connectivity index (χ4n) is 1.69. The number of nitrogens with two attached hydrogens (primary N) is 2. The van der Waals surface area contributed by atoms with Crippen LogP contribution in [0.5, 0.6) is 5.75 Å². The molecule has 0 aliphatic heterocycles. The topological polar surface area (TPSA) is 90.4 Å². The van der Waals surface area contributed by atoms with Crippen LogP contribution >= 0.6 is 0 Å². The molecule has 0 saturated heterocycles. The summed E-state index contributed by atoms with van der Waals surface area (Å²) in [5.41, 5.74) is 13.3. The van der Waals surface area contributed by atoms with Crippen LogP contribution in [0.4, 0.5) is 17.1 Å². The normalized spacial score (nSPS) is 9.95. The molecule has 0 saturated carbocycles. The molecule has 2 aromatic rings. The van der Waals surface area contributed by atoms with Gasteiger partial charge in [-0.15, -0.1) is 0 Å². The number of rotatable bonds is 3. The van der Waals surface area contributed by atoms with Gasteiger partial charge in [0.05, 0.1) is 12.7 Å². The molecule has 0 atom stereocenters. The Balaban J connectivity index is 2.20. The van der Waals surface area contributed by atoms with Crippen molar-refractivity contribution in [3.05, 3.63) is 48.0 Å². The molecule has 2 aromatic carbocycles. The summed E-state index contributed by atoms with van der Waals surface area (Å²) in [7, 11) is 1.57. The van der Waals surface area contributed by atoms with Crippen molar-refractivity contribution in [1.82, 2.24) is 0 Å².